The van der Waals surface area contributed by atoms with Gasteiger partial charge in [-0.1, -0.05) is 54.6 Å². The Bertz CT molecular complexity index is 1200. The molecular formula is C26H26N2O3. The Morgan fingerprint density at radius 1 is 0.968 bits per heavy atom. The molecule has 0 aliphatic heterocycles. The van der Waals surface area contributed by atoms with E-state index in [1.807, 2.05) is 80.8 Å². The largest absolute Gasteiger partial charge is 0.497 e. The first-order chi connectivity index (χ1) is 15.1. The smallest absolute Gasteiger partial charge is 0.287 e. The number of furan rings is 1. The number of hydrogen-bond donors (Lipinski definition) is 1. The van der Waals surface area contributed by atoms with Gasteiger partial charge in [-0.05, 0) is 42.9 Å². The SMILES string of the molecule is COc1ccc2c(-c3ccccc3)c(C(=O)NCc3ccccc3CN(C)C)oc2c1. The fourth-order valence-electron chi connectivity index (χ4n) is 3.74. The molecule has 1 heterocycles. The van der Waals surface area contributed by atoms with Crippen LogP contribution in [0, 0.1) is 0 Å². The highest BCUT2D eigenvalue weighted by Crippen LogP contribution is 2.36. The van der Waals surface area contributed by atoms with Crippen molar-refractivity contribution in [3.8, 4) is 16.9 Å². The Kier molecular flexibility index (Phi) is 6.05. The molecule has 0 saturated heterocycles. The van der Waals surface area contributed by atoms with Crippen LogP contribution in [-0.4, -0.2) is 32.0 Å². The second-order valence-corrected chi connectivity index (χ2v) is 7.72. The summed E-state index contributed by atoms with van der Waals surface area (Å²) in [4.78, 5) is 15.3. The summed E-state index contributed by atoms with van der Waals surface area (Å²) in [6.45, 7) is 1.24. The monoisotopic (exact) mass is 414 g/mol. The summed E-state index contributed by atoms with van der Waals surface area (Å²) in [5, 5.41) is 3.93. The summed E-state index contributed by atoms with van der Waals surface area (Å²) < 4.78 is 11.4. The molecule has 1 N–H and O–H groups in total. The maximum Gasteiger partial charge on any atom is 0.287 e. The average Bonchev–Trinajstić information content (AvgIpc) is 3.17. The number of fused-ring (bicyclic) bond motifs is 1. The molecule has 0 spiro atoms. The number of hydrogen-bond acceptors (Lipinski definition) is 4. The zero-order valence-corrected chi connectivity index (χ0v) is 18.0. The molecule has 0 aliphatic carbocycles. The highest BCUT2D eigenvalue weighted by Gasteiger charge is 2.22. The van der Waals surface area contributed by atoms with Gasteiger partial charge in [0, 0.05) is 30.1 Å². The quantitative estimate of drug-likeness (QED) is 0.457. The highest BCUT2D eigenvalue weighted by atomic mass is 16.5. The van der Waals surface area contributed by atoms with Crippen LogP contribution in [-0.2, 0) is 13.1 Å². The molecule has 1 amide bonds. The van der Waals surface area contributed by atoms with Crippen LogP contribution in [0.4, 0.5) is 0 Å². The summed E-state index contributed by atoms with van der Waals surface area (Å²) >= 11 is 0. The summed E-state index contributed by atoms with van der Waals surface area (Å²) in [5.41, 5.74) is 4.62. The van der Waals surface area contributed by atoms with E-state index in [0.717, 1.165) is 28.6 Å². The van der Waals surface area contributed by atoms with Crippen molar-refractivity contribution in [3.63, 3.8) is 0 Å². The van der Waals surface area contributed by atoms with Crippen molar-refractivity contribution in [2.75, 3.05) is 21.2 Å². The first-order valence-electron chi connectivity index (χ1n) is 10.2. The second-order valence-electron chi connectivity index (χ2n) is 7.72. The van der Waals surface area contributed by atoms with E-state index in [9.17, 15) is 4.79 Å². The van der Waals surface area contributed by atoms with Gasteiger partial charge in [0.15, 0.2) is 0 Å². The van der Waals surface area contributed by atoms with Gasteiger partial charge in [0.25, 0.3) is 5.91 Å². The molecule has 0 bridgehead atoms. The molecule has 0 fully saturated rings. The lowest BCUT2D eigenvalue weighted by molar-refractivity contribution is 0.0926. The zero-order chi connectivity index (χ0) is 21.8. The molecule has 0 saturated carbocycles. The van der Waals surface area contributed by atoms with Gasteiger partial charge in [-0.2, -0.15) is 0 Å². The second kappa shape index (κ2) is 9.06. The zero-order valence-electron chi connectivity index (χ0n) is 18.0. The number of carbonyl (C=O) groups excluding carboxylic acids is 1. The van der Waals surface area contributed by atoms with Crippen LogP contribution in [0.3, 0.4) is 0 Å². The number of nitrogens with one attached hydrogen (secondary N) is 1. The summed E-state index contributed by atoms with van der Waals surface area (Å²) in [6.07, 6.45) is 0. The molecular weight excluding hydrogens is 388 g/mol. The first kappa shape index (κ1) is 20.7. The van der Waals surface area contributed by atoms with Gasteiger partial charge < -0.3 is 19.4 Å². The first-order valence-corrected chi connectivity index (χ1v) is 10.2. The van der Waals surface area contributed by atoms with Crippen LogP contribution in [0.1, 0.15) is 21.7 Å². The van der Waals surface area contributed by atoms with E-state index in [2.05, 4.69) is 16.3 Å². The maximum atomic E-state index is 13.2. The van der Waals surface area contributed by atoms with Gasteiger partial charge in [0.2, 0.25) is 5.76 Å². The third-order valence-electron chi connectivity index (χ3n) is 5.21. The number of benzene rings is 3. The Hall–Kier alpha value is -3.57. The van der Waals surface area contributed by atoms with Gasteiger partial charge in [0.05, 0.1) is 7.11 Å². The van der Waals surface area contributed by atoms with Crippen LogP contribution in [0.25, 0.3) is 22.1 Å². The minimum absolute atomic E-state index is 0.242. The standard InChI is InChI=1S/C26H26N2O3/c1-28(2)17-20-12-8-7-11-19(20)16-27-26(29)25-24(18-9-5-4-6-10-18)22-14-13-21(30-3)15-23(22)31-25/h4-15H,16-17H2,1-3H3,(H,27,29). The molecule has 4 rings (SSSR count). The molecule has 31 heavy (non-hydrogen) atoms. The van der Waals surface area contributed by atoms with Crippen molar-refractivity contribution in [3.05, 3.63) is 89.7 Å². The number of rotatable bonds is 7. The van der Waals surface area contributed by atoms with E-state index in [1.54, 1.807) is 7.11 Å². The molecule has 3 aromatic carbocycles. The summed E-state index contributed by atoms with van der Waals surface area (Å²) in [7, 11) is 5.68. The summed E-state index contributed by atoms with van der Waals surface area (Å²) in [5.74, 6) is 0.749. The van der Waals surface area contributed by atoms with Crippen LogP contribution in [0.2, 0.25) is 0 Å². The van der Waals surface area contributed by atoms with E-state index in [-0.39, 0.29) is 5.91 Å². The minimum atomic E-state index is -0.242. The third kappa shape index (κ3) is 4.47. The molecule has 0 unspecified atom stereocenters. The van der Waals surface area contributed by atoms with E-state index in [1.165, 1.54) is 5.56 Å². The fraction of sp³-hybridized carbons (Fsp3) is 0.192. The van der Waals surface area contributed by atoms with Crippen molar-refractivity contribution in [1.29, 1.82) is 0 Å². The van der Waals surface area contributed by atoms with Crippen LogP contribution in [0.15, 0.2) is 77.2 Å². The van der Waals surface area contributed by atoms with Crippen molar-refractivity contribution in [2.45, 2.75) is 13.1 Å². The lowest BCUT2D eigenvalue weighted by Gasteiger charge is -2.14. The number of methoxy groups -OCH3 is 1. The molecule has 0 aliphatic rings. The van der Waals surface area contributed by atoms with Crippen LogP contribution in [0.5, 0.6) is 5.75 Å². The maximum absolute atomic E-state index is 13.2. The van der Waals surface area contributed by atoms with Gasteiger partial charge >= 0.3 is 0 Å². The Morgan fingerprint density at radius 2 is 1.68 bits per heavy atom. The van der Waals surface area contributed by atoms with Crippen molar-refractivity contribution in [2.24, 2.45) is 0 Å². The number of amides is 1. The third-order valence-corrected chi connectivity index (χ3v) is 5.21. The molecule has 0 radical (unpaired) electrons. The van der Waals surface area contributed by atoms with Crippen molar-refractivity contribution in [1.82, 2.24) is 10.2 Å². The molecule has 4 aromatic rings. The lowest BCUT2D eigenvalue weighted by Crippen LogP contribution is -2.24. The normalized spacial score (nSPS) is 11.1. The van der Waals surface area contributed by atoms with Gasteiger partial charge in [-0.3, -0.25) is 4.79 Å². The van der Waals surface area contributed by atoms with E-state index in [4.69, 9.17) is 9.15 Å². The van der Waals surface area contributed by atoms with Crippen LogP contribution >= 0.6 is 0 Å². The Morgan fingerprint density at radius 3 is 2.39 bits per heavy atom. The predicted molar refractivity (Wildman–Crippen MR) is 123 cm³/mol. The van der Waals surface area contributed by atoms with Gasteiger partial charge in [-0.25, -0.2) is 0 Å². The fourth-order valence-corrected chi connectivity index (χ4v) is 3.74. The van der Waals surface area contributed by atoms with E-state index < -0.39 is 0 Å². The number of carbonyl (C=O) groups is 1. The van der Waals surface area contributed by atoms with Crippen molar-refractivity contribution >= 4 is 16.9 Å². The number of nitrogens with zero attached hydrogens (tertiary/aromatic N) is 1. The highest BCUT2D eigenvalue weighted by molar-refractivity contribution is 6.08. The average molecular weight is 415 g/mol. The Labute approximate surface area is 182 Å². The molecule has 158 valence electrons. The summed E-state index contributed by atoms with van der Waals surface area (Å²) in [6, 6.07) is 23.6. The van der Waals surface area contributed by atoms with Crippen LogP contribution < -0.4 is 10.1 Å². The molecule has 5 heteroatoms. The van der Waals surface area contributed by atoms with Crippen molar-refractivity contribution < 1.29 is 13.9 Å². The molecule has 5 nitrogen and oxygen atoms in total. The van der Waals surface area contributed by atoms with E-state index in [0.29, 0.717) is 23.6 Å². The van der Waals surface area contributed by atoms with Gasteiger partial charge in [-0.15, -0.1) is 0 Å². The lowest BCUT2D eigenvalue weighted by atomic mass is 10.0. The molecule has 0 atom stereocenters. The topological polar surface area (TPSA) is 54.7 Å². The predicted octanol–water partition coefficient (Wildman–Crippen LogP) is 5.10. The van der Waals surface area contributed by atoms with E-state index >= 15 is 0 Å². The van der Waals surface area contributed by atoms with Gasteiger partial charge in [0.1, 0.15) is 11.3 Å². The Balaban J connectivity index is 1.68. The minimum Gasteiger partial charge on any atom is -0.497 e. The number of ether oxygens (including phenoxy) is 1. The molecule has 1 aromatic heterocycles.